The first-order valence-electron chi connectivity index (χ1n) is 4.75. The summed E-state index contributed by atoms with van der Waals surface area (Å²) >= 11 is 0. The standard InChI is InChI=1S/C11H12N2O2/c1-15-5-3-11-12-7-10-6-9(8-14)2-4-13(10)11/h2,4,6-8H,3,5H2,1H3. The molecule has 0 fully saturated rings. The van der Waals surface area contributed by atoms with Crippen LogP contribution in [-0.4, -0.2) is 29.4 Å². The lowest BCUT2D eigenvalue weighted by Crippen LogP contribution is -2.00. The van der Waals surface area contributed by atoms with Gasteiger partial charge in [0, 0.05) is 25.3 Å². The maximum Gasteiger partial charge on any atom is 0.150 e. The minimum atomic E-state index is 0.647. The molecule has 2 rings (SSSR count). The Kier molecular flexibility index (Phi) is 2.78. The Morgan fingerprint density at radius 2 is 2.47 bits per heavy atom. The van der Waals surface area contributed by atoms with Crippen LogP contribution >= 0.6 is 0 Å². The summed E-state index contributed by atoms with van der Waals surface area (Å²) in [6.07, 6.45) is 5.22. The van der Waals surface area contributed by atoms with Crippen molar-refractivity contribution >= 4 is 11.8 Å². The van der Waals surface area contributed by atoms with E-state index in [1.54, 1.807) is 19.4 Å². The highest BCUT2D eigenvalue weighted by Crippen LogP contribution is 2.09. The highest BCUT2D eigenvalue weighted by atomic mass is 16.5. The van der Waals surface area contributed by atoms with Crippen molar-refractivity contribution in [3.05, 3.63) is 35.9 Å². The number of ether oxygens (including phenoxy) is 1. The molecule has 4 heteroatoms. The number of carbonyl (C=O) groups excluding carboxylic acids is 1. The monoisotopic (exact) mass is 204 g/mol. The van der Waals surface area contributed by atoms with Crippen molar-refractivity contribution in [2.24, 2.45) is 0 Å². The zero-order chi connectivity index (χ0) is 10.7. The fraction of sp³-hybridized carbons (Fsp3) is 0.273. The Labute approximate surface area is 87.5 Å². The average molecular weight is 204 g/mol. The summed E-state index contributed by atoms with van der Waals surface area (Å²) in [4.78, 5) is 14.9. The molecular weight excluding hydrogens is 192 g/mol. The van der Waals surface area contributed by atoms with Crippen LogP contribution in [0.25, 0.3) is 5.52 Å². The van der Waals surface area contributed by atoms with Crippen LogP contribution in [0, 0.1) is 0 Å². The van der Waals surface area contributed by atoms with E-state index in [9.17, 15) is 4.79 Å². The van der Waals surface area contributed by atoms with E-state index in [0.717, 1.165) is 24.0 Å². The van der Waals surface area contributed by atoms with Gasteiger partial charge in [0.05, 0.1) is 18.3 Å². The molecule has 0 aliphatic heterocycles. The quantitative estimate of drug-likeness (QED) is 0.706. The Hall–Kier alpha value is -1.68. The summed E-state index contributed by atoms with van der Waals surface area (Å²) < 4.78 is 6.96. The number of imidazole rings is 1. The van der Waals surface area contributed by atoms with Gasteiger partial charge in [0.2, 0.25) is 0 Å². The summed E-state index contributed by atoms with van der Waals surface area (Å²) in [5.41, 5.74) is 1.60. The van der Waals surface area contributed by atoms with Gasteiger partial charge in [0.1, 0.15) is 12.1 Å². The van der Waals surface area contributed by atoms with Crippen molar-refractivity contribution in [1.29, 1.82) is 0 Å². The fourth-order valence-corrected chi connectivity index (χ4v) is 1.52. The maximum atomic E-state index is 10.6. The van der Waals surface area contributed by atoms with Gasteiger partial charge in [-0.15, -0.1) is 0 Å². The summed E-state index contributed by atoms with van der Waals surface area (Å²) in [6.45, 7) is 0.647. The van der Waals surface area contributed by atoms with Gasteiger partial charge in [-0.05, 0) is 12.1 Å². The molecule has 78 valence electrons. The molecule has 15 heavy (non-hydrogen) atoms. The van der Waals surface area contributed by atoms with Crippen LogP contribution in [0.1, 0.15) is 16.2 Å². The van der Waals surface area contributed by atoms with Crippen molar-refractivity contribution in [1.82, 2.24) is 9.38 Å². The van der Waals surface area contributed by atoms with E-state index in [1.165, 1.54) is 0 Å². The number of hydrogen-bond acceptors (Lipinski definition) is 3. The van der Waals surface area contributed by atoms with Crippen LogP contribution in [0.3, 0.4) is 0 Å². The first kappa shape index (κ1) is 9.86. The van der Waals surface area contributed by atoms with Crippen molar-refractivity contribution in [3.8, 4) is 0 Å². The van der Waals surface area contributed by atoms with Crippen LogP contribution < -0.4 is 0 Å². The lowest BCUT2D eigenvalue weighted by molar-refractivity contribution is 0.112. The molecule has 0 aromatic carbocycles. The maximum absolute atomic E-state index is 10.6. The molecule has 4 nitrogen and oxygen atoms in total. The molecule has 0 unspecified atom stereocenters. The molecule has 2 heterocycles. The molecular formula is C11H12N2O2. The zero-order valence-corrected chi connectivity index (χ0v) is 8.51. The van der Waals surface area contributed by atoms with E-state index >= 15 is 0 Å². The van der Waals surface area contributed by atoms with Crippen molar-refractivity contribution in [2.45, 2.75) is 6.42 Å². The van der Waals surface area contributed by atoms with Crippen LogP contribution in [0.2, 0.25) is 0 Å². The SMILES string of the molecule is COCCc1ncc2cc(C=O)ccn12. The first-order valence-corrected chi connectivity index (χ1v) is 4.75. The predicted octanol–water partition coefficient (Wildman–Crippen LogP) is 1.34. The lowest BCUT2D eigenvalue weighted by atomic mass is 10.3. The number of aldehydes is 1. The van der Waals surface area contributed by atoms with Crippen molar-refractivity contribution in [3.63, 3.8) is 0 Å². The number of carbonyl (C=O) groups is 1. The molecule has 0 atom stereocenters. The minimum Gasteiger partial charge on any atom is -0.384 e. The third kappa shape index (κ3) is 1.89. The van der Waals surface area contributed by atoms with E-state index in [2.05, 4.69) is 4.98 Å². The van der Waals surface area contributed by atoms with Gasteiger partial charge in [-0.25, -0.2) is 4.98 Å². The van der Waals surface area contributed by atoms with E-state index in [1.807, 2.05) is 16.7 Å². The number of fused-ring (bicyclic) bond motifs is 1. The third-order valence-corrected chi connectivity index (χ3v) is 2.30. The molecule has 0 saturated heterocycles. The highest BCUT2D eigenvalue weighted by molar-refractivity contribution is 5.77. The normalized spacial score (nSPS) is 10.7. The minimum absolute atomic E-state index is 0.647. The molecule has 0 saturated carbocycles. The topological polar surface area (TPSA) is 43.6 Å². The number of nitrogens with zero attached hydrogens (tertiary/aromatic N) is 2. The second-order valence-electron chi connectivity index (χ2n) is 3.29. The summed E-state index contributed by atoms with van der Waals surface area (Å²) in [5.74, 6) is 0.948. The first-order chi connectivity index (χ1) is 7.35. The van der Waals surface area contributed by atoms with Crippen LogP contribution in [0.15, 0.2) is 24.5 Å². The average Bonchev–Trinajstić information content (AvgIpc) is 2.68. The summed E-state index contributed by atoms with van der Waals surface area (Å²) in [6, 6.07) is 3.59. The van der Waals surface area contributed by atoms with Gasteiger partial charge in [-0.2, -0.15) is 0 Å². The van der Waals surface area contributed by atoms with Gasteiger partial charge in [-0.3, -0.25) is 4.79 Å². The fourth-order valence-electron chi connectivity index (χ4n) is 1.52. The molecule has 0 aliphatic rings. The molecule has 0 bridgehead atoms. The van der Waals surface area contributed by atoms with Gasteiger partial charge in [-0.1, -0.05) is 0 Å². The van der Waals surface area contributed by atoms with Crippen LogP contribution in [-0.2, 0) is 11.2 Å². The number of methoxy groups -OCH3 is 1. The number of aromatic nitrogens is 2. The largest absolute Gasteiger partial charge is 0.384 e. The van der Waals surface area contributed by atoms with Crippen molar-refractivity contribution < 1.29 is 9.53 Å². The Bertz CT molecular complexity index is 476. The van der Waals surface area contributed by atoms with Gasteiger partial charge >= 0.3 is 0 Å². The Morgan fingerprint density at radius 3 is 3.20 bits per heavy atom. The molecule has 0 N–H and O–H groups in total. The van der Waals surface area contributed by atoms with Crippen molar-refractivity contribution in [2.75, 3.05) is 13.7 Å². The van der Waals surface area contributed by atoms with Gasteiger partial charge in [0.25, 0.3) is 0 Å². The van der Waals surface area contributed by atoms with E-state index in [4.69, 9.17) is 4.74 Å². The van der Waals surface area contributed by atoms with E-state index in [-0.39, 0.29) is 0 Å². The second kappa shape index (κ2) is 4.23. The summed E-state index contributed by atoms with van der Waals surface area (Å²) in [5, 5.41) is 0. The van der Waals surface area contributed by atoms with E-state index in [0.29, 0.717) is 12.2 Å². The predicted molar refractivity (Wildman–Crippen MR) is 56.2 cm³/mol. The smallest absolute Gasteiger partial charge is 0.150 e. The van der Waals surface area contributed by atoms with Crippen LogP contribution in [0.5, 0.6) is 0 Å². The highest BCUT2D eigenvalue weighted by Gasteiger charge is 2.03. The zero-order valence-electron chi connectivity index (χ0n) is 8.51. The number of rotatable bonds is 4. The molecule has 0 spiro atoms. The molecule has 2 aromatic rings. The third-order valence-electron chi connectivity index (χ3n) is 2.30. The second-order valence-corrected chi connectivity index (χ2v) is 3.29. The summed E-state index contributed by atoms with van der Waals surface area (Å²) in [7, 11) is 1.67. The van der Waals surface area contributed by atoms with Gasteiger partial charge in [0.15, 0.2) is 0 Å². The Balaban J connectivity index is 2.38. The Morgan fingerprint density at radius 1 is 1.60 bits per heavy atom. The number of pyridine rings is 1. The van der Waals surface area contributed by atoms with Gasteiger partial charge < -0.3 is 9.14 Å². The molecule has 0 amide bonds. The molecule has 2 aromatic heterocycles. The number of hydrogen-bond donors (Lipinski definition) is 0. The van der Waals surface area contributed by atoms with E-state index < -0.39 is 0 Å². The molecule has 0 radical (unpaired) electrons. The lowest BCUT2D eigenvalue weighted by Gasteiger charge is -2.00. The molecule has 0 aliphatic carbocycles. The van der Waals surface area contributed by atoms with Crippen LogP contribution in [0.4, 0.5) is 0 Å².